The quantitative estimate of drug-likeness (QED) is 0.737. The topological polar surface area (TPSA) is 57.7 Å². The molecule has 0 atom stereocenters. The molecule has 0 N–H and O–H groups in total. The number of pyridine rings is 1. The molecule has 0 amide bonds. The normalized spacial score (nSPS) is 12.4. The van der Waals surface area contributed by atoms with Gasteiger partial charge in [0.2, 0.25) is 6.79 Å². The third-order valence-electron chi connectivity index (χ3n) is 3.47. The smallest absolute Gasteiger partial charge is 0.340 e. The number of aromatic nitrogens is 1. The molecule has 0 saturated carbocycles. The summed E-state index contributed by atoms with van der Waals surface area (Å²) in [5.74, 6) is 1.03. The summed E-state index contributed by atoms with van der Waals surface area (Å²) in [5, 5.41) is 0.876. The maximum atomic E-state index is 12.3. The third kappa shape index (κ3) is 2.68. The lowest BCUT2D eigenvalue weighted by atomic mass is 10.0. The second-order valence-corrected chi connectivity index (χ2v) is 5.37. The zero-order chi connectivity index (χ0) is 15.1. The molecule has 22 heavy (non-hydrogen) atoms. The predicted molar refractivity (Wildman–Crippen MR) is 77.9 cm³/mol. The fourth-order valence-corrected chi connectivity index (χ4v) is 2.54. The molecule has 0 saturated heterocycles. The van der Waals surface area contributed by atoms with Crippen LogP contribution in [0.5, 0.6) is 11.5 Å². The SMILES string of the molecule is Cc1nc2cc3c(cc2c(C)c1C(=O)OC(C)C)OCO3.[Cl-]. The predicted octanol–water partition coefficient (Wildman–Crippen LogP) is 0.150. The Hall–Kier alpha value is -2.01. The molecule has 2 aromatic rings. The largest absolute Gasteiger partial charge is 1.00 e. The first-order valence-electron chi connectivity index (χ1n) is 6.89. The van der Waals surface area contributed by atoms with E-state index in [1.165, 1.54) is 0 Å². The molecule has 0 fully saturated rings. The minimum atomic E-state index is -0.341. The Kier molecular flexibility index (Phi) is 4.47. The van der Waals surface area contributed by atoms with Crippen LogP contribution in [0, 0.1) is 13.8 Å². The molecular formula is C16H17ClNO4-. The first-order chi connectivity index (χ1) is 9.97. The molecule has 1 aromatic heterocycles. The zero-order valence-electron chi connectivity index (χ0n) is 12.9. The summed E-state index contributed by atoms with van der Waals surface area (Å²) in [6.07, 6.45) is -0.163. The van der Waals surface area contributed by atoms with E-state index in [0.29, 0.717) is 22.8 Å². The van der Waals surface area contributed by atoms with Crippen molar-refractivity contribution in [3.8, 4) is 11.5 Å². The maximum absolute atomic E-state index is 12.3. The van der Waals surface area contributed by atoms with E-state index in [4.69, 9.17) is 14.2 Å². The van der Waals surface area contributed by atoms with Crippen molar-refractivity contribution in [1.82, 2.24) is 4.98 Å². The molecule has 0 aliphatic carbocycles. The van der Waals surface area contributed by atoms with Crippen molar-refractivity contribution in [2.45, 2.75) is 33.8 Å². The molecule has 0 unspecified atom stereocenters. The van der Waals surface area contributed by atoms with E-state index < -0.39 is 0 Å². The highest BCUT2D eigenvalue weighted by Crippen LogP contribution is 2.37. The average Bonchev–Trinajstić information content (AvgIpc) is 2.82. The van der Waals surface area contributed by atoms with Crippen LogP contribution in [-0.2, 0) is 4.74 Å². The lowest BCUT2D eigenvalue weighted by Crippen LogP contribution is -3.00. The van der Waals surface area contributed by atoms with Crippen LogP contribution in [0.25, 0.3) is 10.9 Å². The van der Waals surface area contributed by atoms with E-state index in [2.05, 4.69) is 4.98 Å². The molecule has 0 bridgehead atoms. The minimum Gasteiger partial charge on any atom is -1.00 e. The highest BCUT2D eigenvalue weighted by Gasteiger charge is 2.21. The van der Waals surface area contributed by atoms with Crippen LogP contribution in [0.1, 0.15) is 35.5 Å². The Morgan fingerprint density at radius 1 is 1.23 bits per heavy atom. The average molecular weight is 323 g/mol. The molecule has 0 spiro atoms. The lowest BCUT2D eigenvalue weighted by Gasteiger charge is -2.14. The number of benzene rings is 1. The van der Waals surface area contributed by atoms with Crippen LogP contribution in [-0.4, -0.2) is 23.9 Å². The third-order valence-corrected chi connectivity index (χ3v) is 3.47. The summed E-state index contributed by atoms with van der Waals surface area (Å²) in [5.41, 5.74) is 2.82. The van der Waals surface area contributed by atoms with E-state index in [1.807, 2.05) is 39.8 Å². The standard InChI is InChI=1S/C16H17NO4.ClH/c1-8(2)21-16(18)15-9(3)11-5-13-14(20-7-19-13)6-12(11)17-10(15)4;/h5-6,8H,7H2,1-4H3;1H/p-1. The van der Waals surface area contributed by atoms with Gasteiger partial charge in [-0.3, -0.25) is 4.98 Å². The molecule has 6 heteroatoms. The maximum Gasteiger partial charge on any atom is 0.340 e. The molecule has 2 heterocycles. The van der Waals surface area contributed by atoms with Crippen molar-refractivity contribution in [3.63, 3.8) is 0 Å². The van der Waals surface area contributed by atoms with Crippen molar-refractivity contribution in [3.05, 3.63) is 29.0 Å². The van der Waals surface area contributed by atoms with Gasteiger partial charge in [-0.1, -0.05) is 0 Å². The molecule has 1 aromatic carbocycles. The second kappa shape index (κ2) is 6.01. The van der Waals surface area contributed by atoms with Gasteiger partial charge in [0, 0.05) is 11.5 Å². The van der Waals surface area contributed by atoms with Gasteiger partial charge in [0.15, 0.2) is 11.5 Å². The number of carbonyl (C=O) groups is 1. The van der Waals surface area contributed by atoms with Crippen LogP contribution in [0.3, 0.4) is 0 Å². The Balaban J connectivity index is 0.00000176. The number of fused-ring (bicyclic) bond motifs is 2. The second-order valence-electron chi connectivity index (χ2n) is 5.37. The van der Waals surface area contributed by atoms with E-state index in [9.17, 15) is 4.79 Å². The van der Waals surface area contributed by atoms with Crippen LogP contribution in [0.2, 0.25) is 0 Å². The van der Waals surface area contributed by atoms with Crippen molar-refractivity contribution in [2.24, 2.45) is 0 Å². The number of rotatable bonds is 2. The van der Waals surface area contributed by atoms with Crippen molar-refractivity contribution in [1.29, 1.82) is 0 Å². The van der Waals surface area contributed by atoms with Crippen LogP contribution in [0.4, 0.5) is 0 Å². The number of ether oxygens (including phenoxy) is 3. The van der Waals surface area contributed by atoms with Gasteiger partial charge in [0.1, 0.15) is 0 Å². The Labute approximate surface area is 135 Å². The van der Waals surface area contributed by atoms with Gasteiger partial charge in [-0.2, -0.15) is 0 Å². The lowest BCUT2D eigenvalue weighted by molar-refractivity contribution is -0.0000351. The van der Waals surface area contributed by atoms with Crippen molar-refractivity contribution < 1.29 is 31.4 Å². The van der Waals surface area contributed by atoms with E-state index in [1.54, 1.807) is 0 Å². The van der Waals surface area contributed by atoms with Gasteiger partial charge in [0.05, 0.1) is 22.9 Å². The van der Waals surface area contributed by atoms with Gasteiger partial charge in [-0.15, -0.1) is 0 Å². The molecule has 118 valence electrons. The number of nitrogens with zero attached hydrogens (tertiary/aromatic N) is 1. The molecule has 1 aliphatic heterocycles. The first-order valence-corrected chi connectivity index (χ1v) is 6.89. The summed E-state index contributed by atoms with van der Waals surface area (Å²) >= 11 is 0. The Morgan fingerprint density at radius 2 is 1.86 bits per heavy atom. The number of hydrogen-bond acceptors (Lipinski definition) is 5. The number of aryl methyl sites for hydroxylation is 2. The number of carbonyl (C=O) groups excluding carboxylic acids is 1. The monoisotopic (exact) mass is 322 g/mol. The summed E-state index contributed by atoms with van der Waals surface area (Å²) in [4.78, 5) is 16.8. The molecule has 0 radical (unpaired) electrons. The van der Waals surface area contributed by atoms with Gasteiger partial charge in [-0.25, -0.2) is 4.79 Å². The Morgan fingerprint density at radius 3 is 2.50 bits per heavy atom. The fourth-order valence-electron chi connectivity index (χ4n) is 2.54. The minimum absolute atomic E-state index is 0. The Bertz CT molecular complexity index is 743. The van der Waals surface area contributed by atoms with Crippen molar-refractivity contribution >= 4 is 16.9 Å². The zero-order valence-corrected chi connectivity index (χ0v) is 13.7. The van der Waals surface area contributed by atoms with E-state index in [-0.39, 0.29) is 31.3 Å². The number of hydrogen-bond donors (Lipinski definition) is 0. The highest BCUT2D eigenvalue weighted by atomic mass is 35.5. The van der Waals surface area contributed by atoms with E-state index in [0.717, 1.165) is 16.5 Å². The fraction of sp³-hybridized carbons (Fsp3) is 0.375. The van der Waals surface area contributed by atoms with Gasteiger partial charge >= 0.3 is 5.97 Å². The summed E-state index contributed by atoms with van der Waals surface area (Å²) in [7, 11) is 0. The van der Waals surface area contributed by atoms with Crippen LogP contribution >= 0.6 is 0 Å². The number of halogens is 1. The van der Waals surface area contributed by atoms with Crippen LogP contribution < -0.4 is 21.9 Å². The summed E-state index contributed by atoms with van der Waals surface area (Å²) in [6, 6.07) is 3.71. The van der Waals surface area contributed by atoms with Gasteiger partial charge < -0.3 is 26.6 Å². The molecular weight excluding hydrogens is 306 g/mol. The first kappa shape index (κ1) is 16.4. The molecule has 3 rings (SSSR count). The molecule has 1 aliphatic rings. The highest BCUT2D eigenvalue weighted by molar-refractivity contribution is 5.99. The van der Waals surface area contributed by atoms with Crippen LogP contribution in [0.15, 0.2) is 12.1 Å². The molecule has 5 nitrogen and oxygen atoms in total. The van der Waals surface area contributed by atoms with Gasteiger partial charge in [0.25, 0.3) is 0 Å². The summed E-state index contributed by atoms with van der Waals surface area (Å²) in [6.45, 7) is 7.58. The summed E-state index contributed by atoms with van der Waals surface area (Å²) < 4.78 is 16.1. The number of esters is 1. The van der Waals surface area contributed by atoms with E-state index >= 15 is 0 Å². The van der Waals surface area contributed by atoms with Crippen molar-refractivity contribution in [2.75, 3.05) is 6.79 Å². The van der Waals surface area contributed by atoms with Gasteiger partial charge in [-0.05, 0) is 39.3 Å².